The van der Waals surface area contributed by atoms with E-state index in [1.807, 2.05) is 0 Å². The molecule has 0 fully saturated rings. The first-order valence-corrected chi connectivity index (χ1v) is 4.45. The fraction of sp³-hybridized carbons (Fsp3) is 0.333. The quantitative estimate of drug-likeness (QED) is 0.473. The summed E-state index contributed by atoms with van der Waals surface area (Å²) in [6, 6.07) is 0. The van der Waals surface area contributed by atoms with Crippen LogP contribution in [0.5, 0.6) is 0 Å². The normalized spacial score (nSPS) is 33.6. The minimum atomic E-state index is -4.17. The van der Waals surface area contributed by atoms with Gasteiger partial charge in [-0.15, -0.1) is 0 Å². The predicted molar refractivity (Wildman–Crippen MR) is 48.5 cm³/mol. The molecule has 2 unspecified atom stereocenters. The Morgan fingerprint density at radius 1 is 1.27 bits per heavy atom. The van der Waals surface area contributed by atoms with E-state index in [4.69, 9.17) is 0 Å². The highest BCUT2D eigenvalue weighted by Crippen LogP contribution is 2.43. The first-order valence-electron chi connectivity index (χ1n) is 4.04. The molecule has 0 spiro atoms. The fourth-order valence-corrected chi connectivity index (χ4v) is 1.79. The van der Waals surface area contributed by atoms with Crippen molar-refractivity contribution in [2.24, 2.45) is 0 Å². The van der Waals surface area contributed by atoms with Crippen molar-refractivity contribution >= 4 is 22.9 Å². The molecule has 0 radical (unpaired) electrons. The molecule has 2 aliphatic carbocycles. The van der Waals surface area contributed by atoms with Crippen molar-refractivity contribution in [1.82, 2.24) is 0 Å². The average molecular weight is 236 g/mol. The SMILES string of the molecule is O=C1C2=C(C(F)C(=S)C=C2)C(F)C1(F)F. The van der Waals surface area contributed by atoms with Crippen LogP contribution >= 0.6 is 12.2 Å². The van der Waals surface area contributed by atoms with Gasteiger partial charge in [-0.25, -0.2) is 8.78 Å². The van der Waals surface area contributed by atoms with Crippen LogP contribution in [0.2, 0.25) is 0 Å². The smallest absolute Gasteiger partial charge is 0.287 e. The monoisotopic (exact) mass is 236 g/mol. The van der Waals surface area contributed by atoms with E-state index in [9.17, 15) is 22.4 Å². The van der Waals surface area contributed by atoms with E-state index < -0.39 is 35.2 Å². The molecule has 0 aliphatic heterocycles. The third-order valence-electron chi connectivity index (χ3n) is 2.39. The first-order chi connectivity index (χ1) is 6.87. The molecule has 0 saturated carbocycles. The van der Waals surface area contributed by atoms with Crippen LogP contribution < -0.4 is 0 Å². The van der Waals surface area contributed by atoms with Crippen molar-refractivity contribution in [3.8, 4) is 0 Å². The molecule has 0 N–H and O–H groups in total. The molecular weight excluding hydrogens is 232 g/mol. The second kappa shape index (κ2) is 2.98. The molecule has 80 valence electrons. The number of halogens is 4. The number of carbonyl (C=O) groups is 1. The van der Waals surface area contributed by atoms with Crippen LogP contribution in [0.3, 0.4) is 0 Å². The fourth-order valence-electron chi connectivity index (χ4n) is 1.60. The summed E-state index contributed by atoms with van der Waals surface area (Å²) >= 11 is 4.50. The number of hydrogen-bond donors (Lipinski definition) is 0. The van der Waals surface area contributed by atoms with Crippen LogP contribution in [0.1, 0.15) is 0 Å². The number of thiocarbonyl (C=S) groups is 1. The highest BCUT2D eigenvalue weighted by Gasteiger charge is 2.59. The van der Waals surface area contributed by atoms with E-state index in [1.165, 1.54) is 0 Å². The van der Waals surface area contributed by atoms with Crippen molar-refractivity contribution in [3.63, 3.8) is 0 Å². The summed E-state index contributed by atoms with van der Waals surface area (Å²) in [6.07, 6.45) is -3.03. The second-order valence-electron chi connectivity index (χ2n) is 3.28. The Kier molecular flexibility index (Phi) is 2.08. The van der Waals surface area contributed by atoms with Gasteiger partial charge in [0.1, 0.15) is 0 Å². The van der Waals surface area contributed by atoms with Crippen LogP contribution in [0.25, 0.3) is 0 Å². The zero-order chi connectivity index (χ0) is 11.4. The van der Waals surface area contributed by atoms with Gasteiger partial charge in [0.05, 0.1) is 4.86 Å². The van der Waals surface area contributed by atoms with Gasteiger partial charge in [-0.3, -0.25) is 4.79 Å². The number of ketones is 1. The molecule has 0 aromatic rings. The second-order valence-corrected chi connectivity index (χ2v) is 3.75. The molecule has 0 saturated heterocycles. The lowest BCUT2D eigenvalue weighted by Crippen LogP contribution is -2.35. The molecular formula is C9H4F4OS. The van der Waals surface area contributed by atoms with E-state index >= 15 is 0 Å². The van der Waals surface area contributed by atoms with Crippen molar-refractivity contribution in [1.29, 1.82) is 0 Å². The lowest BCUT2D eigenvalue weighted by atomic mass is 9.97. The molecule has 0 aromatic heterocycles. The Morgan fingerprint density at radius 2 is 1.87 bits per heavy atom. The van der Waals surface area contributed by atoms with Crippen LogP contribution in [0.15, 0.2) is 23.3 Å². The third-order valence-corrected chi connectivity index (χ3v) is 2.73. The number of Topliss-reactive ketones (excluding diaryl/α,β-unsaturated/α-hetero) is 1. The predicted octanol–water partition coefficient (Wildman–Crippen LogP) is 2.12. The molecule has 15 heavy (non-hydrogen) atoms. The van der Waals surface area contributed by atoms with Crippen LogP contribution in [-0.4, -0.2) is 28.9 Å². The van der Waals surface area contributed by atoms with Gasteiger partial charge in [0, 0.05) is 11.1 Å². The van der Waals surface area contributed by atoms with Gasteiger partial charge in [0.15, 0.2) is 12.3 Å². The molecule has 2 atom stereocenters. The van der Waals surface area contributed by atoms with E-state index in [0.717, 1.165) is 12.2 Å². The Bertz CT molecular complexity index is 424. The summed E-state index contributed by atoms with van der Waals surface area (Å²) in [5, 5.41) is 0. The van der Waals surface area contributed by atoms with Crippen molar-refractivity contribution in [2.45, 2.75) is 18.3 Å². The summed E-state index contributed by atoms with van der Waals surface area (Å²) < 4.78 is 52.3. The maximum atomic E-state index is 13.3. The molecule has 1 nitrogen and oxygen atoms in total. The number of allylic oxidation sites excluding steroid dienone is 4. The minimum Gasteiger partial charge on any atom is -0.287 e. The van der Waals surface area contributed by atoms with Gasteiger partial charge in [-0.1, -0.05) is 12.2 Å². The summed E-state index contributed by atoms with van der Waals surface area (Å²) in [5.74, 6) is -5.84. The van der Waals surface area contributed by atoms with Crippen LogP contribution in [0, 0.1) is 0 Å². The van der Waals surface area contributed by atoms with Crippen LogP contribution in [-0.2, 0) is 4.79 Å². The highest BCUT2D eigenvalue weighted by atomic mass is 32.1. The molecule has 0 amide bonds. The Balaban J connectivity index is 2.56. The lowest BCUT2D eigenvalue weighted by Gasteiger charge is -2.16. The van der Waals surface area contributed by atoms with Gasteiger partial charge in [-0.2, -0.15) is 8.78 Å². The van der Waals surface area contributed by atoms with E-state index in [1.54, 1.807) is 0 Å². The van der Waals surface area contributed by atoms with Gasteiger partial charge in [0.2, 0.25) is 5.78 Å². The molecule has 0 bridgehead atoms. The summed E-state index contributed by atoms with van der Waals surface area (Å²) in [4.78, 5) is 10.7. The number of hydrogen-bond acceptors (Lipinski definition) is 2. The zero-order valence-corrected chi connectivity index (χ0v) is 7.95. The Labute approximate surface area is 87.5 Å². The maximum Gasteiger partial charge on any atom is 0.344 e. The summed E-state index contributed by atoms with van der Waals surface area (Å²) in [6.45, 7) is 0. The van der Waals surface area contributed by atoms with Gasteiger partial charge in [0.25, 0.3) is 0 Å². The number of alkyl halides is 4. The largest absolute Gasteiger partial charge is 0.344 e. The van der Waals surface area contributed by atoms with E-state index in [-0.39, 0.29) is 4.86 Å². The van der Waals surface area contributed by atoms with Gasteiger partial charge in [-0.05, 0) is 12.2 Å². The number of carbonyl (C=O) groups excluding carboxylic acids is 1. The van der Waals surface area contributed by atoms with E-state index in [0.29, 0.717) is 0 Å². The first kappa shape index (κ1) is 10.5. The molecule has 0 aromatic carbocycles. The summed E-state index contributed by atoms with van der Waals surface area (Å²) in [5.41, 5.74) is -1.42. The van der Waals surface area contributed by atoms with Gasteiger partial charge < -0.3 is 0 Å². The topological polar surface area (TPSA) is 17.1 Å². The van der Waals surface area contributed by atoms with Gasteiger partial charge >= 0.3 is 5.92 Å². The Hall–Kier alpha value is -1.04. The molecule has 0 heterocycles. The lowest BCUT2D eigenvalue weighted by molar-refractivity contribution is -0.142. The highest BCUT2D eigenvalue weighted by molar-refractivity contribution is 7.80. The molecule has 6 heteroatoms. The average Bonchev–Trinajstić information content (AvgIpc) is 2.35. The zero-order valence-electron chi connectivity index (χ0n) is 7.14. The molecule has 2 aliphatic rings. The van der Waals surface area contributed by atoms with E-state index in [2.05, 4.69) is 12.2 Å². The maximum absolute atomic E-state index is 13.3. The molecule has 2 rings (SSSR count). The van der Waals surface area contributed by atoms with Crippen molar-refractivity contribution < 1.29 is 22.4 Å². The standard InChI is InChI=1S/C9H4F4OS/c10-6-4(15)2-1-3-5(6)7(11)9(12,13)8(3)14/h1-2,6-7H. The Morgan fingerprint density at radius 3 is 2.47 bits per heavy atom. The number of rotatable bonds is 0. The van der Waals surface area contributed by atoms with Crippen molar-refractivity contribution in [2.75, 3.05) is 0 Å². The minimum absolute atomic E-state index is 0.290. The third kappa shape index (κ3) is 1.20. The van der Waals surface area contributed by atoms with Crippen LogP contribution in [0.4, 0.5) is 17.6 Å². The van der Waals surface area contributed by atoms with Crippen molar-refractivity contribution in [3.05, 3.63) is 23.3 Å². The summed E-state index contributed by atoms with van der Waals surface area (Å²) in [7, 11) is 0.